The monoisotopic (exact) mass is 361 g/mol. The molecule has 0 aromatic heterocycles. The fraction of sp³-hybridized carbons (Fsp3) is 0.900. The molecule has 0 amide bonds. The summed E-state index contributed by atoms with van der Waals surface area (Å²) in [6.07, 6.45) is 5.71. The summed E-state index contributed by atoms with van der Waals surface area (Å²) in [5.41, 5.74) is 0. The number of aliphatic hydroxyl groups excluding tert-OH is 1. The average Bonchev–Trinajstić information content (AvgIpc) is 2.88. The Morgan fingerprint density at radius 3 is 1.67 bits per heavy atom. The second kappa shape index (κ2) is 15.5. The molecule has 4 atom stereocenters. The molecule has 0 aromatic rings. The molecule has 2 aliphatic carbocycles. The molecule has 0 aromatic carbocycles. The first kappa shape index (κ1) is 27.8. The fourth-order valence-corrected chi connectivity index (χ4v) is 3.05. The number of aliphatic hydroxyl groups is 1. The molecule has 2 aliphatic rings. The van der Waals surface area contributed by atoms with Crippen molar-refractivity contribution < 1.29 is 92.9 Å². The predicted molar refractivity (Wildman–Crippen MR) is 68.4 cm³/mol. The summed E-state index contributed by atoms with van der Waals surface area (Å²) in [5.74, 6) is 3.19. The molecule has 0 radical (unpaired) electrons. The van der Waals surface area contributed by atoms with Crippen LogP contribution in [-0.2, 0) is 9.13 Å². The van der Waals surface area contributed by atoms with Crippen molar-refractivity contribution in [3.8, 4) is 0 Å². The van der Waals surface area contributed by atoms with Crippen LogP contribution < -0.4 is 59.1 Å². The van der Waals surface area contributed by atoms with Crippen molar-refractivity contribution in [2.75, 3.05) is 0 Å². The van der Waals surface area contributed by atoms with Crippen LogP contribution in [0.1, 0.15) is 32.6 Å². The smallest absolute Gasteiger partial charge is 0.566 e. The van der Waals surface area contributed by atoms with Crippen LogP contribution in [-0.4, -0.2) is 24.7 Å². The van der Waals surface area contributed by atoms with E-state index >= 15 is 0 Å². The van der Waals surface area contributed by atoms with Gasteiger partial charge >= 0.3 is 75.6 Å². The fourth-order valence-electron chi connectivity index (χ4n) is 3.05. The van der Waals surface area contributed by atoms with Gasteiger partial charge < -0.3 is 5.11 Å². The summed E-state index contributed by atoms with van der Waals surface area (Å²) in [6.45, 7) is 3.54. The van der Waals surface area contributed by atoms with Gasteiger partial charge in [0.15, 0.2) is 0 Å². The SMILES string of the molecule is CC([CH-]O)C1CC2CCC1C2.O=[P+](O)O.O=[P+](O)O.[Na+].[Na+]. The van der Waals surface area contributed by atoms with Crippen molar-refractivity contribution in [1.29, 1.82) is 0 Å². The van der Waals surface area contributed by atoms with Crippen LogP contribution in [0.4, 0.5) is 0 Å². The van der Waals surface area contributed by atoms with Crippen molar-refractivity contribution in [3.05, 3.63) is 6.61 Å². The second-order valence-electron chi connectivity index (χ2n) is 4.85. The number of hydrogen-bond donors (Lipinski definition) is 5. The molecule has 5 N–H and O–H groups in total. The average molecular weight is 361 g/mol. The molecule has 2 saturated carbocycles. The molecule has 7 nitrogen and oxygen atoms in total. The van der Waals surface area contributed by atoms with Gasteiger partial charge in [-0.3, -0.25) is 0 Å². The van der Waals surface area contributed by atoms with Gasteiger partial charge in [-0.1, -0.05) is 19.3 Å². The first-order chi connectivity index (χ1) is 8.77. The van der Waals surface area contributed by atoms with Gasteiger partial charge in [0.05, 0.1) is 0 Å². The zero-order chi connectivity index (χ0) is 15.0. The number of rotatable bonds is 2. The van der Waals surface area contributed by atoms with Gasteiger partial charge in [-0.05, 0) is 31.1 Å². The van der Waals surface area contributed by atoms with Gasteiger partial charge in [0.2, 0.25) is 0 Å². The third-order valence-electron chi connectivity index (χ3n) is 3.70. The molecular weight excluding hydrogens is 340 g/mol. The van der Waals surface area contributed by atoms with Crippen molar-refractivity contribution in [2.45, 2.75) is 32.6 Å². The number of fused-ring (bicyclic) bond motifs is 2. The summed E-state index contributed by atoms with van der Waals surface area (Å²) in [4.78, 5) is 28.5. The molecule has 0 heterocycles. The summed E-state index contributed by atoms with van der Waals surface area (Å²) >= 11 is 0. The third kappa shape index (κ3) is 14.1. The minimum absolute atomic E-state index is 0. The number of hydrogen-bond acceptors (Lipinski definition) is 3. The van der Waals surface area contributed by atoms with E-state index in [1.54, 1.807) is 0 Å². The Balaban J connectivity index is -0.000000280. The maximum absolute atomic E-state index is 8.90. The zero-order valence-corrected chi connectivity index (χ0v) is 18.5. The Hall–Kier alpha value is 2.00. The van der Waals surface area contributed by atoms with E-state index in [0.717, 1.165) is 17.8 Å². The summed E-state index contributed by atoms with van der Waals surface area (Å²) in [5, 5.41) is 8.90. The van der Waals surface area contributed by atoms with Gasteiger partial charge in [0.25, 0.3) is 0 Å². The van der Waals surface area contributed by atoms with E-state index in [9.17, 15) is 0 Å². The van der Waals surface area contributed by atoms with Crippen LogP contribution in [0.2, 0.25) is 0 Å². The minimum atomic E-state index is -2.87. The van der Waals surface area contributed by atoms with E-state index in [1.165, 1.54) is 32.3 Å². The molecule has 0 saturated heterocycles. The van der Waals surface area contributed by atoms with Crippen LogP contribution >= 0.6 is 16.5 Å². The molecule has 2 rings (SSSR count). The first-order valence-electron chi connectivity index (χ1n) is 5.95. The van der Waals surface area contributed by atoms with Crippen molar-refractivity contribution in [1.82, 2.24) is 0 Å². The van der Waals surface area contributed by atoms with Crippen LogP contribution in [0.15, 0.2) is 0 Å². The topological polar surface area (TPSA) is 135 Å². The van der Waals surface area contributed by atoms with Crippen molar-refractivity contribution in [2.24, 2.45) is 23.7 Å². The quantitative estimate of drug-likeness (QED) is 0.191. The van der Waals surface area contributed by atoms with E-state index < -0.39 is 16.5 Å². The molecule has 4 unspecified atom stereocenters. The normalized spacial score (nSPS) is 25.9. The van der Waals surface area contributed by atoms with Gasteiger partial charge in [-0.15, -0.1) is 25.5 Å². The van der Waals surface area contributed by atoms with Gasteiger partial charge in [0.1, 0.15) is 0 Å². The van der Waals surface area contributed by atoms with Crippen molar-refractivity contribution >= 4 is 16.5 Å². The van der Waals surface area contributed by atoms with E-state index in [1.807, 2.05) is 0 Å². The molecule has 0 aliphatic heterocycles. The Morgan fingerprint density at radius 1 is 1.00 bits per heavy atom. The van der Waals surface area contributed by atoms with E-state index in [0.29, 0.717) is 5.92 Å². The molecule has 0 spiro atoms. The van der Waals surface area contributed by atoms with Crippen LogP contribution in [0.25, 0.3) is 0 Å². The van der Waals surface area contributed by atoms with Crippen LogP contribution in [0.5, 0.6) is 0 Å². The molecule has 112 valence electrons. The Morgan fingerprint density at radius 2 is 1.43 bits per heavy atom. The van der Waals surface area contributed by atoms with Gasteiger partial charge in [0, 0.05) is 9.13 Å². The molecule has 2 fully saturated rings. The van der Waals surface area contributed by atoms with E-state index in [2.05, 4.69) is 6.92 Å². The maximum atomic E-state index is 8.90. The second-order valence-corrected chi connectivity index (χ2v) is 5.86. The van der Waals surface area contributed by atoms with Gasteiger partial charge in [-0.25, -0.2) is 6.61 Å². The summed E-state index contributed by atoms with van der Waals surface area (Å²) < 4.78 is 17.4. The third-order valence-corrected chi connectivity index (χ3v) is 3.70. The minimum Gasteiger partial charge on any atom is -0.566 e. The van der Waals surface area contributed by atoms with E-state index in [4.69, 9.17) is 33.8 Å². The molecular formula is C10H21Na2O7P2+3. The Bertz CT molecular complexity index is 289. The molecule has 11 heteroatoms. The Kier molecular flexibility index (Phi) is 20.6. The van der Waals surface area contributed by atoms with Gasteiger partial charge in [-0.2, -0.15) is 0 Å². The summed E-state index contributed by atoms with van der Waals surface area (Å²) in [7, 11) is -5.74. The Labute approximate surface area is 171 Å². The van der Waals surface area contributed by atoms with E-state index in [-0.39, 0.29) is 59.1 Å². The molecule has 2 bridgehead atoms. The standard InChI is InChI=1S/C10H17O.2Na.2HO3P/c1-7(6-11)10-5-8-2-3-9(10)4-8;;;2*1-4(2)3/h6-11H,2-5H2,1H3;;;2*(H-,1,2,3)/q-1;2*+1;;/p+2. The first-order valence-corrected chi connectivity index (χ1v) is 8.28. The maximum Gasteiger partial charge on any atom is 1.00 e. The zero-order valence-electron chi connectivity index (χ0n) is 12.7. The van der Waals surface area contributed by atoms with Crippen LogP contribution in [0.3, 0.4) is 0 Å². The van der Waals surface area contributed by atoms with Crippen LogP contribution in [0, 0.1) is 30.3 Å². The predicted octanol–water partition coefficient (Wildman–Crippen LogP) is -4.14. The molecule has 21 heavy (non-hydrogen) atoms. The largest absolute Gasteiger partial charge is 1.00 e. The summed E-state index contributed by atoms with van der Waals surface area (Å²) in [6, 6.07) is 0. The van der Waals surface area contributed by atoms with Crippen molar-refractivity contribution in [3.63, 3.8) is 0 Å².